The van der Waals surface area contributed by atoms with E-state index in [1.54, 1.807) is 17.3 Å². The van der Waals surface area contributed by atoms with Crippen molar-refractivity contribution in [2.45, 2.75) is 12.8 Å². The Morgan fingerprint density at radius 1 is 1.19 bits per heavy atom. The summed E-state index contributed by atoms with van der Waals surface area (Å²) in [6, 6.07) is -0.175. The highest BCUT2D eigenvalue weighted by Gasteiger charge is 2.31. The standard InChI is InChI=1S/C17H22N6O3S/c24-16(22-6-8-26-9-7-22)12-1-4-23(5-2-12)17(25)20-13-11-19-21-14(13)15-18-3-10-27-15/h3,10-12H,1-2,4-9H2,(H,19,21)(H,20,25). The van der Waals surface area contributed by atoms with Crippen LogP contribution in [0.4, 0.5) is 10.5 Å². The second kappa shape index (κ2) is 8.05. The van der Waals surface area contributed by atoms with Gasteiger partial charge < -0.3 is 19.9 Å². The molecule has 144 valence electrons. The van der Waals surface area contributed by atoms with Gasteiger partial charge in [-0.15, -0.1) is 11.3 Å². The Balaban J connectivity index is 1.32. The lowest BCUT2D eigenvalue weighted by atomic mass is 9.95. The number of thiazole rings is 1. The Hall–Kier alpha value is -2.46. The highest BCUT2D eigenvalue weighted by atomic mass is 32.1. The molecule has 0 saturated carbocycles. The van der Waals surface area contributed by atoms with Gasteiger partial charge in [-0.1, -0.05) is 0 Å². The molecule has 4 rings (SSSR count). The normalized spacial score (nSPS) is 18.5. The molecular weight excluding hydrogens is 368 g/mol. The van der Waals surface area contributed by atoms with E-state index >= 15 is 0 Å². The number of ether oxygens (including phenoxy) is 1. The van der Waals surface area contributed by atoms with Gasteiger partial charge in [-0.3, -0.25) is 9.89 Å². The number of H-pyrrole nitrogens is 1. The molecule has 3 amide bonds. The highest BCUT2D eigenvalue weighted by molar-refractivity contribution is 7.13. The number of rotatable bonds is 3. The number of carbonyl (C=O) groups excluding carboxylic acids is 2. The Bertz CT molecular complexity index is 778. The molecule has 4 heterocycles. The molecule has 0 radical (unpaired) electrons. The summed E-state index contributed by atoms with van der Waals surface area (Å²) in [7, 11) is 0. The van der Waals surface area contributed by atoms with E-state index in [4.69, 9.17) is 4.74 Å². The molecule has 2 fully saturated rings. The number of nitrogens with one attached hydrogen (secondary N) is 2. The van der Waals surface area contributed by atoms with Crippen LogP contribution in [-0.4, -0.2) is 76.3 Å². The number of aromatic nitrogens is 3. The molecule has 0 atom stereocenters. The van der Waals surface area contributed by atoms with E-state index in [1.807, 2.05) is 10.3 Å². The topological polar surface area (TPSA) is 103 Å². The minimum atomic E-state index is -0.175. The van der Waals surface area contributed by atoms with Crippen molar-refractivity contribution in [1.29, 1.82) is 0 Å². The van der Waals surface area contributed by atoms with Crippen molar-refractivity contribution < 1.29 is 14.3 Å². The van der Waals surface area contributed by atoms with E-state index < -0.39 is 0 Å². The minimum absolute atomic E-state index is 0.00745. The molecular formula is C17H22N6O3S. The minimum Gasteiger partial charge on any atom is -0.378 e. The van der Waals surface area contributed by atoms with E-state index in [-0.39, 0.29) is 17.9 Å². The largest absolute Gasteiger partial charge is 0.378 e. The van der Waals surface area contributed by atoms with Crippen LogP contribution in [0.25, 0.3) is 10.7 Å². The van der Waals surface area contributed by atoms with Gasteiger partial charge in [0.1, 0.15) is 10.7 Å². The quantitative estimate of drug-likeness (QED) is 0.829. The molecule has 27 heavy (non-hydrogen) atoms. The zero-order valence-corrected chi connectivity index (χ0v) is 15.7. The maximum absolute atomic E-state index is 12.6. The molecule has 2 N–H and O–H groups in total. The second-order valence-electron chi connectivity index (χ2n) is 6.63. The lowest BCUT2D eigenvalue weighted by molar-refractivity contribution is -0.140. The lowest BCUT2D eigenvalue weighted by Crippen LogP contribution is -2.48. The number of urea groups is 1. The summed E-state index contributed by atoms with van der Waals surface area (Å²) < 4.78 is 5.31. The summed E-state index contributed by atoms with van der Waals surface area (Å²) in [5.41, 5.74) is 1.32. The summed E-state index contributed by atoms with van der Waals surface area (Å²) in [6.07, 6.45) is 4.68. The summed E-state index contributed by atoms with van der Waals surface area (Å²) in [6.45, 7) is 3.69. The van der Waals surface area contributed by atoms with Gasteiger partial charge in [0.2, 0.25) is 5.91 Å². The van der Waals surface area contributed by atoms with Gasteiger partial charge in [-0.25, -0.2) is 9.78 Å². The van der Waals surface area contributed by atoms with Crippen LogP contribution in [0.1, 0.15) is 12.8 Å². The van der Waals surface area contributed by atoms with Gasteiger partial charge in [0, 0.05) is 43.7 Å². The first-order valence-corrected chi connectivity index (χ1v) is 9.96. The van der Waals surface area contributed by atoms with Crippen molar-refractivity contribution in [3.8, 4) is 10.7 Å². The van der Waals surface area contributed by atoms with Crippen molar-refractivity contribution in [2.24, 2.45) is 5.92 Å². The molecule has 0 aromatic carbocycles. The number of anilines is 1. The first kappa shape index (κ1) is 17.9. The van der Waals surface area contributed by atoms with Gasteiger partial charge in [0.05, 0.1) is 25.1 Å². The van der Waals surface area contributed by atoms with Crippen LogP contribution in [-0.2, 0) is 9.53 Å². The van der Waals surface area contributed by atoms with Crippen molar-refractivity contribution in [3.63, 3.8) is 0 Å². The predicted molar refractivity (Wildman–Crippen MR) is 100 cm³/mol. The molecule has 10 heteroatoms. The van der Waals surface area contributed by atoms with Gasteiger partial charge in [-0.05, 0) is 12.8 Å². The highest BCUT2D eigenvalue weighted by Crippen LogP contribution is 2.27. The number of aromatic amines is 1. The zero-order chi connectivity index (χ0) is 18.6. The van der Waals surface area contributed by atoms with Crippen molar-refractivity contribution in [2.75, 3.05) is 44.7 Å². The number of piperidine rings is 1. The molecule has 0 spiro atoms. The fourth-order valence-corrected chi connectivity index (χ4v) is 4.10. The van der Waals surface area contributed by atoms with Crippen molar-refractivity contribution in [1.82, 2.24) is 25.0 Å². The van der Waals surface area contributed by atoms with Crippen molar-refractivity contribution in [3.05, 3.63) is 17.8 Å². The van der Waals surface area contributed by atoms with Gasteiger partial charge in [0.15, 0.2) is 0 Å². The number of hydrogen-bond donors (Lipinski definition) is 2. The maximum atomic E-state index is 12.6. The van der Waals surface area contributed by atoms with Crippen LogP contribution in [0.2, 0.25) is 0 Å². The Morgan fingerprint density at radius 3 is 2.67 bits per heavy atom. The Kier molecular flexibility index (Phi) is 5.35. The number of amides is 3. The van der Waals surface area contributed by atoms with Crippen LogP contribution in [0.5, 0.6) is 0 Å². The van der Waals surface area contributed by atoms with Crippen LogP contribution < -0.4 is 5.32 Å². The van der Waals surface area contributed by atoms with E-state index in [0.717, 1.165) is 5.01 Å². The summed E-state index contributed by atoms with van der Waals surface area (Å²) in [5.74, 6) is 0.186. The molecule has 2 saturated heterocycles. The molecule has 2 aromatic rings. The summed E-state index contributed by atoms with van der Waals surface area (Å²) in [4.78, 5) is 33.1. The van der Waals surface area contributed by atoms with Gasteiger partial charge >= 0.3 is 6.03 Å². The van der Waals surface area contributed by atoms with E-state index in [1.165, 1.54) is 11.3 Å². The van der Waals surface area contributed by atoms with E-state index in [2.05, 4.69) is 20.5 Å². The number of nitrogens with zero attached hydrogens (tertiary/aromatic N) is 4. The molecule has 2 aliphatic heterocycles. The van der Waals surface area contributed by atoms with Crippen LogP contribution in [0, 0.1) is 5.92 Å². The molecule has 2 aliphatic rings. The summed E-state index contributed by atoms with van der Waals surface area (Å²) in [5, 5.41) is 12.4. The Labute approximate surface area is 160 Å². The van der Waals surface area contributed by atoms with E-state index in [0.29, 0.717) is 63.6 Å². The third kappa shape index (κ3) is 3.96. The lowest BCUT2D eigenvalue weighted by Gasteiger charge is -2.35. The van der Waals surface area contributed by atoms with Crippen LogP contribution in [0.15, 0.2) is 17.8 Å². The molecule has 2 aromatic heterocycles. The number of morpholine rings is 1. The first-order valence-electron chi connectivity index (χ1n) is 9.08. The first-order chi connectivity index (χ1) is 13.2. The van der Waals surface area contributed by atoms with Gasteiger partial charge in [-0.2, -0.15) is 5.10 Å². The number of carbonyl (C=O) groups is 2. The van der Waals surface area contributed by atoms with Crippen LogP contribution >= 0.6 is 11.3 Å². The smallest absolute Gasteiger partial charge is 0.321 e. The van der Waals surface area contributed by atoms with Crippen LogP contribution in [0.3, 0.4) is 0 Å². The van der Waals surface area contributed by atoms with E-state index in [9.17, 15) is 9.59 Å². The zero-order valence-electron chi connectivity index (χ0n) is 14.9. The summed E-state index contributed by atoms with van der Waals surface area (Å²) >= 11 is 1.48. The molecule has 9 nitrogen and oxygen atoms in total. The fourth-order valence-electron chi connectivity index (χ4n) is 3.46. The monoisotopic (exact) mass is 390 g/mol. The maximum Gasteiger partial charge on any atom is 0.321 e. The average molecular weight is 390 g/mol. The molecule has 0 aliphatic carbocycles. The third-order valence-corrected chi connectivity index (χ3v) is 5.77. The van der Waals surface area contributed by atoms with Gasteiger partial charge in [0.25, 0.3) is 0 Å². The number of likely N-dealkylation sites (tertiary alicyclic amines) is 1. The number of hydrogen-bond acceptors (Lipinski definition) is 6. The third-order valence-electron chi connectivity index (χ3n) is 4.98. The Morgan fingerprint density at radius 2 is 1.96 bits per heavy atom. The predicted octanol–water partition coefficient (Wildman–Crippen LogP) is 1.64. The molecule has 0 unspecified atom stereocenters. The second-order valence-corrected chi connectivity index (χ2v) is 7.52. The molecule has 0 bridgehead atoms. The SMILES string of the molecule is O=C(Nc1cn[nH]c1-c1nccs1)N1CCC(C(=O)N2CCOCC2)CC1. The fraction of sp³-hybridized carbons (Fsp3) is 0.529. The average Bonchev–Trinajstić information content (AvgIpc) is 3.40. The van der Waals surface area contributed by atoms with Crippen molar-refractivity contribution >= 4 is 29.0 Å².